The molecule has 1 amide bonds. The van der Waals surface area contributed by atoms with Crippen molar-refractivity contribution in [3.8, 4) is 0 Å². The molecule has 0 saturated carbocycles. The van der Waals surface area contributed by atoms with E-state index in [2.05, 4.69) is 15.5 Å². The lowest BCUT2D eigenvalue weighted by molar-refractivity contribution is 0.102. The average Bonchev–Trinajstić information content (AvgIpc) is 2.98. The third kappa shape index (κ3) is 1.78. The molecule has 0 aliphatic rings. The molecule has 0 aliphatic heterocycles. The van der Waals surface area contributed by atoms with E-state index in [-0.39, 0.29) is 5.91 Å². The number of thiophene rings is 1. The van der Waals surface area contributed by atoms with Crippen LogP contribution in [0.15, 0.2) is 41.2 Å². The molecule has 3 rings (SSSR count). The number of carbonyl (C=O) groups is 1. The lowest BCUT2D eigenvalue weighted by Gasteiger charge is -2.00. The van der Waals surface area contributed by atoms with Crippen molar-refractivity contribution >= 4 is 28.8 Å². The number of fused-ring (bicyclic) bond motifs is 1. The molecule has 0 fully saturated rings. The zero-order valence-electron chi connectivity index (χ0n) is 8.70. The van der Waals surface area contributed by atoms with Gasteiger partial charge >= 0.3 is 0 Å². The summed E-state index contributed by atoms with van der Waals surface area (Å²) in [5.74, 6) is 0.251. The van der Waals surface area contributed by atoms with Gasteiger partial charge in [0.15, 0.2) is 5.65 Å². The average molecular weight is 244 g/mol. The number of amides is 1. The zero-order chi connectivity index (χ0) is 11.7. The van der Waals surface area contributed by atoms with Gasteiger partial charge in [-0.05, 0) is 23.6 Å². The summed E-state index contributed by atoms with van der Waals surface area (Å²) in [5.41, 5.74) is 1.33. The number of hydrogen-bond donors (Lipinski definition) is 1. The molecule has 3 aromatic heterocycles. The standard InChI is InChI=1S/C11H8N4OS/c16-10(8-4-6-17-7-8)12-11-14-13-9-3-1-2-5-15(9)11/h1-7H,(H,12,14,16). The van der Waals surface area contributed by atoms with Gasteiger partial charge in [-0.2, -0.15) is 11.3 Å². The van der Waals surface area contributed by atoms with E-state index in [1.807, 2.05) is 23.6 Å². The third-order valence-corrected chi connectivity index (χ3v) is 3.01. The molecule has 3 heterocycles. The fraction of sp³-hybridized carbons (Fsp3) is 0. The van der Waals surface area contributed by atoms with Crippen molar-refractivity contribution in [2.45, 2.75) is 0 Å². The molecule has 0 unspecified atom stereocenters. The first-order valence-electron chi connectivity index (χ1n) is 4.98. The highest BCUT2D eigenvalue weighted by Gasteiger charge is 2.10. The Hall–Kier alpha value is -2.21. The van der Waals surface area contributed by atoms with Crippen molar-refractivity contribution < 1.29 is 4.79 Å². The molecule has 0 bridgehead atoms. The zero-order valence-corrected chi connectivity index (χ0v) is 9.52. The predicted molar refractivity (Wildman–Crippen MR) is 65.3 cm³/mol. The molecular formula is C11H8N4OS. The van der Waals surface area contributed by atoms with Crippen LogP contribution in [0.4, 0.5) is 5.95 Å². The molecule has 84 valence electrons. The summed E-state index contributed by atoms with van der Waals surface area (Å²) in [5, 5.41) is 14.3. The fourth-order valence-electron chi connectivity index (χ4n) is 1.49. The molecule has 0 saturated heterocycles. The van der Waals surface area contributed by atoms with Gasteiger partial charge in [-0.15, -0.1) is 10.2 Å². The largest absolute Gasteiger partial charge is 0.290 e. The second kappa shape index (κ2) is 3.99. The maximum absolute atomic E-state index is 11.8. The van der Waals surface area contributed by atoms with E-state index in [1.165, 1.54) is 11.3 Å². The van der Waals surface area contributed by atoms with Crippen molar-refractivity contribution in [3.05, 3.63) is 46.8 Å². The number of hydrogen-bond acceptors (Lipinski definition) is 4. The summed E-state index contributed by atoms with van der Waals surface area (Å²) in [4.78, 5) is 11.8. The second-order valence-electron chi connectivity index (χ2n) is 3.42. The molecular weight excluding hydrogens is 236 g/mol. The van der Waals surface area contributed by atoms with Crippen LogP contribution in [0, 0.1) is 0 Å². The second-order valence-corrected chi connectivity index (χ2v) is 4.20. The minimum Gasteiger partial charge on any atom is -0.290 e. The summed E-state index contributed by atoms with van der Waals surface area (Å²) in [6.45, 7) is 0. The minimum absolute atomic E-state index is 0.176. The number of carbonyl (C=O) groups excluding carboxylic acids is 1. The van der Waals surface area contributed by atoms with Crippen LogP contribution in [0.1, 0.15) is 10.4 Å². The van der Waals surface area contributed by atoms with E-state index in [4.69, 9.17) is 0 Å². The van der Waals surface area contributed by atoms with Gasteiger partial charge in [-0.3, -0.25) is 14.5 Å². The molecule has 0 radical (unpaired) electrons. The maximum atomic E-state index is 11.8. The van der Waals surface area contributed by atoms with Crippen LogP contribution in [-0.4, -0.2) is 20.5 Å². The number of pyridine rings is 1. The van der Waals surface area contributed by atoms with Crippen LogP contribution in [0.2, 0.25) is 0 Å². The Kier molecular flexibility index (Phi) is 2.34. The minimum atomic E-state index is -0.176. The monoisotopic (exact) mass is 244 g/mol. The molecule has 17 heavy (non-hydrogen) atoms. The van der Waals surface area contributed by atoms with Gasteiger partial charge in [-0.25, -0.2) is 0 Å². The van der Waals surface area contributed by atoms with Crippen LogP contribution >= 0.6 is 11.3 Å². The van der Waals surface area contributed by atoms with E-state index in [0.717, 1.165) is 0 Å². The SMILES string of the molecule is O=C(Nc1nnc2ccccn12)c1ccsc1. The Morgan fingerprint density at radius 3 is 3.06 bits per heavy atom. The first-order chi connectivity index (χ1) is 8.34. The molecule has 6 heteroatoms. The van der Waals surface area contributed by atoms with Gasteiger partial charge in [-0.1, -0.05) is 6.07 Å². The molecule has 3 aromatic rings. The highest BCUT2D eigenvalue weighted by atomic mass is 32.1. The van der Waals surface area contributed by atoms with E-state index >= 15 is 0 Å². The van der Waals surface area contributed by atoms with E-state index in [0.29, 0.717) is 17.2 Å². The Morgan fingerprint density at radius 1 is 1.29 bits per heavy atom. The number of anilines is 1. The normalized spacial score (nSPS) is 10.6. The molecule has 0 aliphatic carbocycles. The van der Waals surface area contributed by atoms with Crippen molar-refractivity contribution in [1.82, 2.24) is 14.6 Å². The van der Waals surface area contributed by atoms with Crippen LogP contribution < -0.4 is 5.32 Å². The smallest absolute Gasteiger partial charge is 0.258 e. The molecule has 0 aromatic carbocycles. The van der Waals surface area contributed by atoms with Crippen LogP contribution in [-0.2, 0) is 0 Å². The summed E-state index contributed by atoms with van der Waals surface area (Å²) < 4.78 is 1.73. The summed E-state index contributed by atoms with van der Waals surface area (Å²) in [6.07, 6.45) is 1.80. The summed E-state index contributed by atoms with van der Waals surface area (Å²) >= 11 is 1.48. The molecule has 0 atom stereocenters. The molecule has 0 spiro atoms. The van der Waals surface area contributed by atoms with Gasteiger partial charge < -0.3 is 0 Å². The first kappa shape index (κ1) is 9.98. The summed E-state index contributed by atoms with van der Waals surface area (Å²) in [6, 6.07) is 7.32. The Labute approximate surface area is 101 Å². The van der Waals surface area contributed by atoms with Gasteiger partial charge in [0.2, 0.25) is 5.95 Å². The lowest BCUT2D eigenvalue weighted by Crippen LogP contribution is -2.13. The predicted octanol–water partition coefficient (Wildman–Crippen LogP) is 2.04. The van der Waals surface area contributed by atoms with Crippen LogP contribution in [0.25, 0.3) is 5.65 Å². The van der Waals surface area contributed by atoms with Crippen LogP contribution in [0.3, 0.4) is 0 Å². The quantitative estimate of drug-likeness (QED) is 0.750. The Bertz CT molecular complexity index is 659. The van der Waals surface area contributed by atoms with E-state index in [9.17, 15) is 4.79 Å². The van der Waals surface area contributed by atoms with Crippen LogP contribution in [0.5, 0.6) is 0 Å². The van der Waals surface area contributed by atoms with E-state index in [1.54, 1.807) is 22.0 Å². The topological polar surface area (TPSA) is 59.3 Å². The number of nitrogens with one attached hydrogen (secondary N) is 1. The maximum Gasteiger partial charge on any atom is 0.258 e. The number of nitrogens with zero attached hydrogens (tertiary/aromatic N) is 3. The molecule has 5 nitrogen and oxygen atoms in total. The number of aromatic nitrogens is 3. The number of rotatable bonds is 2. The Balaban J connectivity index is 1.93. The third-order valence-electron chi connectivity index (χ3n) is 2.32. The fourth-order valence-corrected chi connectivity index (χ4v) is 2.13. The van der Waals surface area contributed by atoms with Gasteiger partial charge in [0.05, 0.1) is 5.56 Å². The van der Waals surface area contributed by atoms with Gasteiger partial charge in [0.1, 0.15) is 0 Å². The lowest BCUT2D eigenvalue weighted by atomic mass is 10.3. The summed E-state index contributed by atoms with van der Waals surface area (Å²) in [7, 11) is 0. The van der Waals surface area contributed by atoms with Crippen molar-refractivity contribution in [1.29, 1.82) is 0 Å². The van der Waals surface area contributed by atoms with Crippen molar-refractivity contribution in [2.75, 3.05) is 5.32 Å². The first-order valence-corrected chi connectivity index (χ1v) is 5.92. The highest BCUT2D eigenvalue weighted by Crippen LogP contribution is 2.11. The van der Waals surface area contributed by atoms with Crippen molar-refractivity contribution in [3.63, 3.8) is 0 Å². The van der Waals surface area contributed by atoms with Crippen molar-refractivity contribution in [2.24, 2.45) is 0 Å². The molecule has 1 N–H and O–H groups in total. The highest BCUT2D eigenvalue weighted by molar-refractivity contribution is 7.08. The van der Waals surface area contributed by atoms with Gasteiger partial charge in [0, 0.05) is 11.6 Å². The van der Waals surface area contributed by atoms with Gasteiger partial charge in [0.25, 0.3) is 5.91 Å². The van der Waals surface area contributed by atoms with E-state index < -0.39 is 0 Å². The Morgan fingerprint density at radius 2 is 2.24 bits per heavy atom.